The molecule has 3 unspecified atom stereocenters. The van der Waals surface area contributed by atoms with E-state index in [1.165, 1.54) is 12.1 Å². The van der Waals surface area contributed by atoms with Gasteiger partial charge in [-0.2, -0.15) is 0 Å². The van der Waals surface area contributed by atoms with Gasteiger partial charge in [0.25, 0.3) is 0 Å². The van der Waals surface area contributed by atoms with Crippen molar-refractivity contribution in [2.75, 3.05) is 31.1 Å². The molecule has 2 aliphatic heterocycles. The number of β-amino-alcohol motifs (C(OH)–C–C–N with tert-alkyl or cyclic N) is 1. The fraction of sp³-hybridized carbons (Fsp3) is 0.400. The van der Waals surface area contributed by atoms with Crippen molar-refractivity contribution in [1.82, 2.24) is 4.90 Å². The Morgan fingerprint density at radius 3 is 2.33 bits per heavy atom. The predicted octanol–water partition coefficient (Wildman–Crippen LogP) is 2.39. The van der Waals surface area contributed by atoms with Gasteiger partial charge < -0.3 is 14.7 Å². The second-order valence-corrected chi connectivity index (χ2v) is 6.76. The van der Waals surface area contributed by atoms with E-state index in [-0.39, 0.29) is 0 Å². The number of benzene rings is 2. The summed E-state index contributed by atoms with van der Waals surface area (Å²) in [6.45, 7) is 3.12. The van der Waals surface area contributed by atoms with E-state index in [1.807, 2.05) is 30.3 Å². The molecule has 2 saturated heterocycles. The minimum absolute atomic E-state index is 0.348. The zero-order valence-corrected chi connectivity index (χ0v) is 13.8. The molecule has 4 nitrogen and oxygen atoms in total. The SMILES string of the molecule is OC(COc1ccccc1)CN1CC2CC1CN2c1ccccc1. The van der Waals surface area contributed by atoms with Gasteiger partial charge in [0.05, 0.1) is 0 Å². The summed E-state index contributed by atoms with van der Waals surface area (Å²) in [5, 5.41) is 10.3. The van der Waals surface area contributed by atoms with E-state index in [1.54, 1.807) is 0 Å². The number of fused-ring (bicyclic) bond motifs is 2. The van der Waals surface area contributed by atoms with Gasteiger partial charge in [0.2, 0.25) is 0 Å². The molecule has 1 N–H and O–H groups in total. The first-order valence-corrected chi connectivity index (χ1v) is 8.71. The van der Waals surface area contributed by atoms with Crippen molar-refractivity contribution >= 4 is 5.69 Å². The number of ether oxygens (including phenoxy) is 1. The van der Waals surface area contributed by atoms with E-state index in [9.17, 15) is 5.11 Å². The van der Waals surface area contributed by atoms with Crippen molar-refractivity contribution in [3.63, 3.8) is 0 Å². The molecule has 24 heavy (non-hydrogen) atoms. The summed E-state index contributed by atoms with van der Waals surface area (Å²) in [7, 11) is 0. The summed E-state index contributed by atoms with van der Waals surface area (Å²) in [6, 6.07) is 21.4. The molecule has 2 aromatic rings. The number of piperazine rings is 1. The Kier molecular flexibility index (Phi) is 4.41. The smallest absolute Gasteiger partial charge is 0.119 e. The van der Waals surface area contributed by atoms with Gasteiger partial charge in [-0.05, 0) is 30.7 Å². The Bertz CT molecular complexity index is 649. The van der Waals surface area contributed by atoms with Crippen LogP contribution in [0.3, 0.4) is 0 Å². The maximum Gasteiger partial charge on any atom is 0.119 e. The van der Waals surface area contributed by atoms with Crippen molar-refractivity contribution in [1.29, 1.82) is 0 Å². The van der Waals surface area contributed by atoms with Crippen LogP contribution >= 0.6 is 0 Å². The summed E-state index contributed by atoms with van der Waals surface area (Å²) in [4.78, 5) is 4.93. The lowest BCUT2D eigenvalue weighted by Gasteiger charge is -2.36. The van der Waals surface area contributed by atoms with Gasteiger partial charge in [0, 0.05) is 37.4 Å². The van der Waals surface area contributed by atoms with E-state index in [0.717, 1.165) is 18.8 Å². The number of para-hydroxylation sites is 2. The van der Waals surface area contributed by atoms with Gasteiger partial charge in [-0.15, -0.1) is 0 Å². The second kappa shape index (κ2) is 6.83. The van der Waals surface area contributed by atoms with Gasteiger partial charge in [-0.25, -0.2) is 0 Å². The number of anilines is 1. The molecular formula is C20H24N2O2. The maximum absolute atomic E-state index is 10.3. The van der Waals surface area contributed by atoms with Crippen LogP contribution in [0.25, 0.3) is 0 Å². The zero-order chi connectivity index (χ0) is 16.4. The average Bonchev–Trinajstić information content (AvgIpc) is 3.22. The van der Waals surface area contributed by atoms with Crippen LogP contribution in [-0.4, -0.2) is 54.4 Å². The van der Waals surface area contributed by atoms with Crippen LogP contribution < -0.4 is 9.64 Å². The molecule has 0 radical (unpaired) electrons. The van der Waals surface area contributed by atoms with Gasteiger partial charge in [0.15, 0.2) is 0 Å². The number of aliphatic hydroxyl groups is 1. The quantitative estimate of drug-likeness (QED) is 0.885. The number of hydrogen-bond acceptors (Lipinski definition) is 4. The Morgan fingerprint density at radius 2 is 1.67 bits per heavy atom. The van der Waals surface area contributed by atoms with Crippen LogP contribution in [0.1, 0.15) is 6.42 Å². The Labute approximate surface area is 143 Å². The van der Waals surface area contributed by atoms with Crippen LogP contribution in [0.4, 0.5) is 5.69 Å². The molecule has 0 spiro atoms. The summed E-state index contributed by atoms with van der Waals surface area (Å²) in [5.41, 5.74) is 1.32. The average molecular weight is 324 g/mol. The number of nitrogens with zero attached hydrogens (tertiary/aromatic N) is 2. The third-order valence-corrected chi connectivity index (χ3v) is 5.07. The summed E-state index contributed by atoms with van der Waals surface area (Å²) in [5.74, 6) is 0.815. The molecule has 2 bridgehead atoms. The summed E-state index contributed by atoms with van der Waals surface area (Å²) in [6.07, 6.45) is 0.746. The lowest BCUT2D eigenvalue weighted by Crippen LogP contribution is -2.49. The molecule has 0 saturated carbocycles. The van der Waals surface area contributed by atoms with Crippen molar-refractivity contribution in [3.05, 3.63) is 60.7 Å². The van der Waals surface area contributed by atoms with E-state index in [2.05, 4.69) is 40.1 Å². The summed E-state index contributed by atoms with van der Waals surface area (Å²) < 4.78 is 5.66. The minimum atomic E-state index is -0.449. The van der Waals surface area contributed by atoms with Crippen LogP contribution in [0.15, 0.2) is 60.7 Å². The summed E-state index contributed by atoms with van der Waals surface area (Å²) >= 11 is 0. The Balaban J connectivity index is 1.28. The second-order valence-electron chi connectivity index (χ2n) is 6.76. The predicted molar refractivity (Wildman–Crippen MR) is 95.5 cm³/mol. The largest absolute Gasteiger partial charge is 0.491 e. The monoisotopic (exact) mass is 324 g/mol. The molecule has 2 aliphatic rings. The van der Waals surface area contributed by atoms with Crippen LogP contribution in [0, 0.1) is 0 Å². The highest BCUT2D eigenvalue weighted by molar-refractivity contribution is 5.49. The first-order valence-electron chi connectivity index (χ1n) is 8.71. The highest BCUT2D eigenvalue weighted by Gasteiger charge is 2.43. The lowest BCUT2D eigenvalue weighted by molar-refractivity contribution is 0.0618. The number of likely N-dealkylation sites (tertiary alicyclic amines) is 1. The standard InChI is InChI=1S/C20H24N2O2/c23-19(15-24-20-9-5-2-6-10-20)14-21-12-18-11-17(21)13-22(18)16-7-3-1-4-8-16/h1-10,17-19,23H,11-15H2. The van der Waals surface area contributed by atoms with E-state index < -0.39 is 6.10 Å². The molecule has 2 fully saturated rings. The molecule has 0 aromatic heterocycles. The zero-order valence-electron chi connectivity index (χ0n) is 13.8. The first-order chi connectivity index (χ1) is 11.8. The van der Waals surface area contributed by atoms with Gasteiger partial charge >= 0.3 is 0 Å². The van der Waals surface area contributed by atoms with E-state index >= 15 is 0 Å². The highest BCUT2D eigenvalue weighted by Crippen LogP contribution is 2.34. The van der Waals surface area contributed by atoms with Crippen LogP contribution in [0.5, 0.6) is 5.75 Å². The fourth-order valence-corrected chi connectivity index (χ4v) is 3.94. The third kappa shape index (κ3) is 3.25. The van der Waals surface area contributed by atoms with Crippen molar-refractivity contribution in [2.45, 2.75) is 24.6 Å². The molecule has 4 heteroatoms. The topological polar surface area (TPSA) is 35.9 Å². The fourth-order valence-electron chi connectivity index (χ4n) is 3.94. The maximum atomic E-state index is 10.3. The number of aliphatic hydroxyl groups excluding tert-OH is 1. The molecule has 0 aliphatic carbocycles. The van der Waals surface area contributed by atoms with Crippen LogP contribution in [0.2, 0.25) is 0 Å². The van der Waals surface area contributed by atoms with Gasteiger partial charge in [-0.1, -0.05) is 36.4 Å². The lowest BCUT2D eigenvalue weighted by atomic mass is 10.2. The Morgan fingerprint density at radius 1 is 0.958 bits per heavy atom. The third-order valence-electron chi connectivity index (χ3n) is 5.07. The number of hydrogen-bond donors (Lipinski definition) is 1. The highest BCUT2D eigenvalue weighted by atomic mass is 16.5. The first kappa shape index (κ1) is 15.5. The minimum Gasteiger partial charge on any atom is -0.491 e. The van der Waals surface area contributed by atoms with Crippen LogP contribution in [-0.2, 0) is 0 Å². The molecule has 2 aromatic carbocycles. The van der Waals surface area contributed by atoms with E-state index in [4.69, 9.17) is 4.74 Å². The molecule has 2 heterocycles. The normalized spacial score (nSPS) is 24.3. The van der Waals surface area contributed by atoms with E-state index in [0.29, 0.717) is 25.2 Å². The molecule has 126 valence electrons. The number of rotatable bonds is 6. The van der Waals surface area contributed by atoms with Crippen molar-refractivity contribution in [3.8, 4) is 5.75 Å². The molecule has 4 rings (SSSR count). The van der Waals surface area contributed by atoms with Gasteiger partial charge in [0.1, 0.15) is 18.5 Å². The van der Waals surface area contributed by atoms with Crippen molar-refractivity contribution < 1.29 is 9.84 Å². The molecular weight excluding hydrogens is 300 g/mol. The van der Waals surface area contributed by atoms with Gasteiger partial charge in [-0.3, -0.25) is 4.90 Å². The molecule has 0 amide bonds. The Hall–Kier alpha value is -2.04. The van der Waals surface area contributed by atoms with Crippen molar-refractivity contribution in [2.24, 2.45) is 0 Å². The molecule has 3 atom stereocenters.